The molecular formula is C12H14ClN3O2S2. The molecule has 0 radical (unpaired) electrons. The number of aromatic nitrogens is 1. The van der Waals surface area contributed by atoms with Crippen molar-refractivity contribution in [2.45, 2.75) is 18.4 Å². The van der Waals surface area contributed by atoms with Crippen molar-refractivity contribution in [3.8, 4) is 0 Å². The molecule has 0 aliphatic rings. The number of hydrogen-bond donors (Lipinski definition) is 2. The predicted octanol–water partition coefficient (Wildman–Crippen LogP) is 2.63. The summed E-state index contributed by atoms with van der Waals surface area (Å²) in [4.78, 5) is 6.11. The van der Waals surface area contributed by atoms with Crippen LogP contribution in [0, 0.1) is 6.92 Å². The second kappa shape index (κ2) is 6.09. The van der Waals surface area contributed by atoms with E-state index in [1.54, 1.807) is 18.4 Å². The molecule has 0 amide bonds. The summed E-state index contributed by atoms with van der Waals surface area (Å²) in [5, 5.41) is 3.04. The van der Waals surface area contributed by atoms with E-state index in [2.05, 4.69) is 15.0 Å². The molecule has 0 spiro atoms. The average molecular weight is 332 g/mol. The minimum atomic E-state index is -3.61. The zero-order valence-corrected chi connectivity index (χ0v) is 13.4. The van der Waals surface area contributed by atoms with Crippen LogP contribution in [0.5, 0.6) is 0 Å². The Hall–Kier alpha value is -1.15. The molecule has 20 heavy (non-hydrogen) atoms. The Morgan fingerprint density at radius 3 is 2.70 bits per heavy atom. The highest BCUT2D eigenvalue weighted by Gasteiger charge is 2.16. The molecule has 2 aromatic heterocycles. The first-order chi connectivity index (χ1) is 9.42. The fraction of sp³-hybridized carbons (Fsp3) is 0.250. The lowest BCUT2D eigenvalue weighted by Gasteiger charge is -2.07. The molecule has 0 aromatic carbocycles. The molecule has 108 valence electrons. The van der Waals surface area contributed by atoms with E-state index in [1.165, 1.54) is 12.3 Å². The molecule has 2 N–H and O–H groups in total. The van der Waals surface area contributed by atoms with Crippen LogP contribution in [0.15, 0.2) is 29.3 Å². The van der Waals surface area contributed by atoms with E-state index in [-0.39, 0.29) is 16.5 Å². The van der Waals surface area contributed by atoms with Crippen molar-refractivity contribution < 1.29 is 8.42 Å². The van der Waals surface area contributed by atoms with Crippen molar-refractivity contribution in [1.82, 2.24) is 9.71 Å². The smallest absolute Gasteiger partial charge is 0.242 e. The number of hydrogen-bond acceptors (Lipinski definition) is 5. The van der Waals surface area contributed by atoms with Gasteiger partial charge >= 0.3 is 0 Å². The number of nitrogens with one attached hydrogen (secondary N) is 2. The number of halogens is 1. The molecule has 0 aliphatic heterocycles. The van der Waals surface area contributed by atoms with Gasteiger partial charge in [0.2, 0.25) is 10.0 Å². The molecule has 0 unspecified atom stereocenters. The number of rotatable bonds is 5. The van der Waals surface area contributed by atoms with Gasteiger partial charge < -0.3 is 5.32 Å². The predicted molar refractivity (Wildman–Crippen MR) is 81.9 cm³/mol. The minimum Gasteiger partial charge on any atom is -0.372 e. The third-order valence-corrected chi connectivity index (χ3v) is 5.25. The van der Waals surface area contributed by atoms with Crippen LogP contribution in [0.2, 0.25) is 5.02 Å². The first-order valence-corrected chi connectivity index (χ1v) is 8.48. The maximum atomic E-state index is 12.1. The third kappa shape index (κ3) is 3.49. The van der Waals surface area contributed by atoms with Gasteiger partial charge in [-0.2, -0.15) is 0 Å². The maximum Gasteiger partial charge on any atom is 0.242 e. The number of thiophene rings is 1. The van der Waals surface area contributed by atoms with E-state index in [4.69, 9.17) is 11.6 Å². The highest BCUT2D eigenvalue weighted by atomic mass is 35.5. The van der Waals surface area contributed by atoms with Gasteiger partial charge in [-0.05, 0) is 25.1 Å². The number of sulfonamides is 1. The molecule has 2 heterocycles. The van der Waals surface area contributed by atoms with Crippen LogP contribution in [-0.4, -0.2) is 20.4 Å². The number of anilines is 1. The number of pyridine rings is 1. The standard InChI is InChI=1S/C12H14ClN3O2S2/c1-8-3-4-9(19-8)6-16-20(17,18)10-5-11(13)12(14-2)15-7-10/h3-5,7,16H,6H2,1-2H3,(H,14,15). The van der Waals surface area contributed by atoms with Gasteiger partial charge in [0.25, 0.3) is 0 Å². The maximum absolute atomic E-state index is 12.1. The molecule has 0 atom stereocenters. The zero-order valence-electron chi connectivity index (χ0n) is 11.0. The summed E-state index contributed by atoms with van der Waals surface area (Å²) in [6, 6.07) is 5.23. The topological polar surface area (TPSA) is 71.1 Å². The van der Waals surface area contributed by atoms with Gasteiger partial charge in [0.05, 0.1) is 5.02 Å². The molecule has 0 saturated heterocycles. The van der Waals surface area contributed by atoms with Crippen molar-refractivity contribution in [2.75, 3.05) is 12.4 Å². The Balaban J connectivity index is 2.15. The highest BCUT2D eigenvalue weighted by molar-refractivity contribution is 7.89. The van der Waals surface area contributed by atoms with Crippen LogP contribution in [0.4, 0.5) is 5.82 Å². The summed E-state index contributed by atoms with van der Waals surface area (Å²) in [7, 11) is -1.95. The summed E-state index contributed by atoms with van der Waals surface area (Å²) in [6.45, 7) is 2.23. The van der Waals surface area contributed by atoms with Gasteiger partial charge in [0, 0.05) is 29.5 Å². The summed E-state index contributed by atoms with van der Waals surface area (Å²) in [5.74, 6) is 0.444. The molecule has 0 bridgehead atoms. The lowest BCUT2D eigenvalue weighted by Crippen LogP contribution is -2.23. The Morgan fingerprint density at radius 1 is 1.40 bits per heavy atom. The quantitative estimate of drug-likeness (QED) is 0.883. The van der Waals surface area contributed by atoms with E-state index in [1.807, 2.05) is 19.1 Å². The summed E-state index contributed by atoms with van der Waals surface area (Å²) in [6.07, 6.45) is 1.28. The molecular weight excluding hydrogens is 318 g/mol. The van der Waals surface area contributed by atoms with Crippen molar-refractivity contribution >= 4 is 38.8 Å². The van der Waals surface area contributed by atoms with Gasteiger partial charge in [-0.25, -0.2) is 18.1 Å². The number of nitrogens with zero attached hydrogens (tertiary/aromatic N) is 1. The second-order valence-corrected chi connectivity index (χ2v) is 7.63. The van der Waals surface area contributed by atoms with E-state index >= 15 is 0 Å². The molecule has 8 heteroatoms. The van der Waals surface area contributed by atoms with Crippen LogP contribution < -0.4 is 10.0 Å². The Labute approximate surface area is 127 Å². The van der Waals surface area contributed by atoms with Crippen molar-refractivity contribution in [3.05, 3.63) is 39.2 Å². The first-order valence-electron chi connectivity index (χ1n) is 5.80. The van der Waals surface area contributed by atoms with Gasteiger partial charge in [-0.3, -0.25) is 0 Å². The Bertz CT molecular complexity index is 713. The summed E-state index contributed by atoms with van der Waals surface area (Å²) >= 11 is 7.50. The molecule has 0 fully saturated rings. The van der Waals surface area contributed by atoms with Gasteiger partial charge in [-0.15, -0.1) is 11.3 Å². The monoisotopic (exact) mass is 331 g/mol. The van der Waals surface area contributed by atoms with E-state index in [9.17, 15) is 8.42 Å². The lowest BCUT2D eigenvalue weighted by atomic mass is 10.4. The zero-order chi connectivity index (χ0) is 14.8. The van der Waals surface area contributed by atoms with Gasteiger partial charge in [-0.1, -0.05) is 11.6 Å². The number of aryl methyl sites for hydroxylation is 1. The van der Waals surface area contributed by atoms with Crippen molar-refractivity contribution in [1.29, 1.82) is 0 Å². The van der Waals surface area contributed by atoms with Crippen LogP contribution in [-0.2, 0) is 16.6 Å². The molecule has 2 aromatic rings. The van der Waals surface area contributed by atoms with E-state index in [0.717, 1.165) is 9.75 Å². The van der Waals surface area contributed by atoms with Crippen LogP contribution in [0.1, 0.15) is 9.75 Å². The van der Waals surface area contributed by atoms with E-state index in [0.29, 0.717) is 5.82 Å². The second-order valence-electron chi connectivity index (χ2n) is 4.09. The largest absolute Gasteiger partial charge is 0.372 e. The van der Waals surface area contributed by atoms with Crippen molar-refractivity contribution in [2.24, 2.45) is 0 Å². The van der Waals surface area contributed by atoms with E-state index < -0.39 is 10.0 Å². The van der Waals surface area contributed by atoms with Crippen LogP contribution in [0.25, 0.3) is 0 Å². The van der Waals surface area contributed by atoms with Crippen LogP contribution >= 0.6 is 22.9 Å². The fourth-order valence-electron chi connectivity index (χ4n) is 1.58. The van der Waals surface area contributed by atoms with Gasteiger partial charge in [0.1, 0.15) is 10.7 Å². The average Bonchev–Trinajstić information content (AvgIpc) is 2.82. The normalized spacial score (nSPS) is 11.6. The minimum absolute atomic E-state index is 0.0507. The lowest BCUT2D eigenvalue weighted by molar-refractivity contribution is 0.581. The molecule has 0 aliphatic carbocycles. The van der Waals surface area contributed by atoms with Crippen molar-refractivity contribution in [3.63, 3.8) is 0 Å². The molecule has 5 nitrogen and oxygen atoms in total. The summed E-state index contributed by atoms with van der Waals surface area (Å²) < 4.78 is 26.8. The molecule has 2 rings (SSSR count). The summed E-state index contributed by atoms with van der Waals surface area (Å²) in [5.41, 5.74) is 0. The highest BCUT2D eigenvalue weighted by Crippen LogP contribution is 2.22. The van der Waals surface area contributed by atoms with Crippen LogP contribution in [0.3, 0.4) is 0 Å². The van der Waals surface area contributed by atoms with Gasteiger partial charge in [0.15, 0.2) is 0 Å². The fourth-order valence-corrected chi connectivity index (χ4v) is 3.80. The first kappa shape index (κ1) is 15.2. The Kier molecular flexibility index (Phi) is 4.64. The molecule has 0 saturated carbocycles. The third-order valence-electron chi connectivity index (χ3n) is 2.60. The SMILES string of the molecule is CNc1ncc(S(=O)(=O)NCc2ccc(C)s2)cc1Cl. The Morgan fingerprint density at radius 2 is 2.15 bits per heavy atom.